The van der Waals surface area contributed by atoms with Gasteiger partial charge in [-0.1, -0.05) is 0 Å². The van der Waals surface area contributed by atoms with Gasteiger partial charge in [0, 0.05) is 69.1 Å². The smallest absolute Gasteiger partial charge is 0.267 e. The van der Waals surface area contributed by atoms with Crippen LogP contribution >= 0.6 is 0 Å². The summed E-state index contributed by atoms with van der Waals surface area (Å²) in [6.07, 6.45) is 6.27. The Bertz CT molecular complexity index is 796. The number of rotatable bonds is 6. The second kappa shape index (κ2) is 7.48. The van der Waals surface area contributed by atoms with Crippen LogP contribution in [0.25, 0.3) is 0 Å². The average molecular weight is 371 g/mol. The summed E-state index contributed by atoms with van der Waals surface area (Å²) in [4.78, 5) is 14.8. The van der Waals surface area contributed by atoms with Crippen molar-refractivity contribution in [2.45, 2.75) is 32.5 Å². The lowest BCUT2D eigenvalue weighted by Crippen LogP contribution is -2.34. The van der Waals surface area contributed by atoms with E-state index in [0.717, 1.165) is 26.2 Å². The van der Waals surface area contributed by atoms with Crippen LogP contribution in [0.1, 0.15) is 35.9 Å². The Labute approximate surface area is 160 Å². The summed E-state index contributed by atoms with van der Waals surface area (Å²) >= 11 is 0. The zero-order valence-electron chi connectivity index (χ0n) is 16.3. The van der Waals surface area contributed by atoms with Crippen molar-refractivity contribution < 1.29 is 9.53 Å². The van der Waals surface area contributed by atoms with Gasteiger partial charge in [0.25, 0.3) is 5.91 Å². The van der Waals surface area contributed by atoms with Crippen LogP contribution in [-0.4, -0.2) is 57.5 Å². The molecular formula is C20H29N5O2. The van der Waals surface area contributed by atoms with Crippen LogP contribution in [0.2, 0.25) is 0 Å². The van der Waals surface area contributed by atoms with Gasteiger partial charge in [-0.25, -0.2) is 0 Å². The van der Waals surface area contributed by atoms with Crippen molar-refractivity contribution in [1.82, 2.24) is 24.6 Å². The monoisotopic (exact) mass is 371 g/mol. The minimum atomic E-state index is -0.0121. The Hall–Kier alpha value is -2.12. The summed E-state index contributed by atoms with van der Waals surface area (Å²) < 4.78 is 9.88. The average Bonchev–Trinajstić information content (AvgIpc) is 3.38. The normalized spacial score (nSPS) is 25.3. The van der Waals surface area contributed by atoms with E-state index >= 15 is 0 Å². The topological polar surface area (TPSA) is 64.3 Å². The maximum absolute atomic E-state index is 12.3. The van der Waals surface area contributed by atoms with Crippen molar-refractivity contribution in [2.75, 3.05) is 26.2 Å². The molecule has 7 nitrogen and oxygen atoms in total. The highest BCUT2D eigenvalue weighted by molar-refractivity contribution is 5.92. The molecule has 2 aromatic rings. The second-order valence-electron chi connectivity index (χ2n) is 8.13. The van der Waals surface area contributed by atoms with Crippen LogP contribution in [0.15, 0.2) is 30.7 Å². The predicted molar refractivity (Wildman–Crippen MR) is 102 cm³/mol. The minimum absolute atomic E-state index is 0.0121. The molecule has 0 unspecified atom stereocenters. The number of hydrogen-bond donors (Lipinski definition) is 1. The molecule has 0 aromatic carbocycles. The van der Waals surface area contributed by atoms with E-state index < -0.39 is 0 Å². The molecule has 7 heteroatoms. The number of hydrogen-bond acceptors (Lipinski definition) is 4. The Balaban J connectivity index is 1.30. The molecule has 4 rings (SSSR count). The number of aromatic nitrogens is 3. The molecule has 27 heavy (non-hydrogen) atoms. The fourth-order valence-corrected chi connectivity index (χ4v) is 4.23. The highest BCUT2D eigenvalue weighted by atomic mass is 16.5. The van der Waals surface area contributed by atoms with Crippen molar-refractivity contribution in [3.8, 4) is 0 Å². The van der Waals surface area contributed by atoms with E-state index in [1.54, 1.807) is 0 Å². The number of likely N-dealkylation sites (tertiary alicyclic amines) is 1. The minimum Gasteiger partial charge on any atom is -0.376 e. The van der Waals surface area contributed by atoms with Crippen molar-refractivity contribution >= 4 is 5.91 Å². The number of amides is 1. The van der Waals surface area contributed by atoms with Crippen LogP contribution in [-0.2, 0) is 18.3 Å². The molecule has 0 radical (unpaired) electrons. The van der Waals surface area contributed by atoms with E-state index in [0.29, 0.717) is 30.1 Å². The molecule has 0 bridgehead atoms. The van der Waals surface area contributed by atoms with E-state index in [1.807, 2.05) is 40.8 Å². The molecule has 3 atom stereocenters. The number of aryl methyl sites for hydroxylation is 1. The standard InChI is InChI=1S/C20H29N5O2/c1-14(2)25-10-15(7-22-25)9-24-11-17-16(13-27-19(17)12-24)8-21-20(26)18-5-4-6-23(18)3/h4-7,10,14,16-17,19H,8-9,11-13H2,1-3H3,(H,21,26)/t16-,17+,19+/m0/s1. The highest BCUT2D eigenvalue weighted by Crippen LogP contribution is 2.34. The van der Waals surface area contributed by atoms with Gasteiger partial charge in [-0.2, -0.15) is 5.10 Å². The maximum Gasteiger partial charge on any atom is 0.267 e. The zero-order valence-corrected chi connectivity index (χ0v) is 16.3. The van der Waals surface area contributed by atoms with Gasteiger partial charge in [0.1, 0.15) is 5.69 Å². The van der Waals surface area contributed by atoms with Crippen molar-refractivity contribution in [2.24, 2.45) is 18.9 Å². The third-order valence-corrected chi connectivity index (χ3v) is 5.81. The summed E-state index contributed by atoms with van der Waals surface area (Å²) in [5.41, 5.74) is 1.94. The second-order valence-corrected chi connectivity index (χ2v) is 8.13. The number of ether oxygens (including phenoxy) is 1. The first-order valence-corrected chi connectivity index (χ1v) is 9.77. The van der Waals surface area contributed by atoms with Crippen LogP contribution in [0, 0.1) is 11.8 Å². The van der Waals surface area contributed by atoms with Gasteiger partial charge in [-0.05, 0) is 26.0 Å². The van der Waals surface area contributed by atoms with Crippen molar-refractivity contribution in [3.63, 3.8) is 0 Å². The first kappa shape index (κ1) is 18.3. The van der Waals surface area contributed by atoms with Gasteiger partial charge in [-0.15, -0.1) is 0 Å². The third-order valence-electron chi connectivity index (χ3n) is 5.81. The van der Waals surface area contributed by atoms with Gasteiger partial charge in [-0.3, -0.25) is 14.4 Å². The first-order valence-electron chi connectivity index (χ1n) is 9.77. The molecule has 0 aliphatic carbocycles. The molecule has 2 aromatic heterocycles. The lowest BCUT2D eigenvalue weighted by Gasteiger charge is -2.19. The number of nitrogens with one attached hydrogen (secondary N) is 1. The number of carbonyl (C=O) groups excluding carboxylic acids is 1. The first-order chi connectivity index (χ1) is 13.0. The quantitative estimate of drug-likeness (QED) is 0.839. The Morgan fingerprint density at radius 1 is 1.41 bits per heavy atom. The molecule has 0 spiro atoms. The summed E-state index contributed by atoms with van der Waals surface area (Å²) in [5.74, 6) is 0.850. The number of carbonyl (C=O) groups is 1. The molecule has 0 saturated carbocycles. The van der Waals surface area contributed by atoms with Crippen LogP contribution in [0.4, 0.5) is 0 Å². The highest BCUT2D eigenvalue weighted by Gasteiger charge is 2.43. The summed E-state index contributed by atoms with van der Waals surface area (Å²) in [6.45, 7) is 8.57. The molecule has 2 fully saturated rings. The fourth-order valence-electron chi connectivity index (χ4n) is 4.23. The lowest BCUT2D eigenvalue weighted by molar-refractivity contribution is 0.0899. The van der Waals surface area contributed by atoms with Gasteiger partial charge in [0.2, 0.25) is 0 Å². The predicted octanol–water partition coefficient (Wildman–Crippen LogP) is 1.68. The van der Waals surface area contributed by atoms with Gasteiger partial charge >= 0.3 is 0 Å². The Kier molecular flexibility index (Phi) is 5.06. The fraction of sp³-hybridized carbons (Fsp3) is 0.600. The Morgan fingerprint density at radius 2 is 2.26 bits per heavy atom. The van der Waals surface area contributed by atoms with E-state index in [4.69, 9.17) is 4.74 Å². The summed E-state index contributed by atoms with van der Waals surface area (Å²) in [5, 5.41) is 7.52. The number of nitrogens with zero attached hydrogens (tertiary/aromatic N) is 4. The molecule has 2 saturated heterocycles. The SMILES string of the molecule is CC(C)n1cc(CN2C[C@@H]3[C@@H](CNC(=O)c4cccn4C)CO[C@@H]3C2)cn1. The molecule has 1 amide bonds. The van der Waals surface area contributed by atoms with Crippen LogP contribution in [0.5, 0.6) is 0 Å². The Morgan fingerprint density at radius 3 is 2.96 bits per heavy atom. The third kappa shape index (κ3) is 3.80. The molecule has 4 heterocycles. The van der Waals surface area contributed by atoms with E-state index in [9.17, 15) is 4.79 Å². The van der Waals surface area contributed by atoms with Crippen LogP contribution in [0.3, 0.4) is 0 Å². The van der Waals surface area contributed by atoms with Crippen LogP contribution < -0.4 is 5.32 Å². The van der Waals surface area contributed by atoms with E-state index in [2.05, 4.69) is 35.4 Å². The van der Waals surface area contributed by atoms with E-state index in [1.165, 1.54) is 5.56 Å². The lowest BCUT2D eigenvalue weighted by atomic mass is 9.93. The van der Waals surface area contributed by atoms with Crippen molar-refractivity contribution in [1.29, 1.82) is 0 Å². The maximum atomic E-state index is 12.3. The molecule has 1 N–H and O–H groups in total. The van der Waals surface area contributed by atoms with Gasteiger partial charge < -0.3 is 14.6 Å². The van der Waals surface area contributed by atoms with E-state index in [-0.39, 0.29) is 12.0 Å². The molecule has 2 aliphatic rings. The summed E-state index contributed by atoms with van der Waals surface area (Å²) in [6, 6.07) is 4.12. The number of fused-ring (bicyclic) bond motifs is 1. The van der Waals surface area contributed by atoms with Gasteiger partial charge in [0.15, 0.2) is 0 Å². The zero-order chi connectivity index (χ0) is 19.0. The molecular weight excluding hydrogens is 342 g/mol. The van der Waals surface area contributed by atoms with Crippen molar-refractivity contribution in [3.05, 3.63) is 42.0 Å². The van der Waals surface area contributed by atoms with Gasteiger partial charge in [0.05, 0.1) is 18.9 Å². The molecule has 146 valence electrons. The summed E-state index contributed by atoms with van der Waals surface area (Å²) in [7, 11) is 1.89. The molecule has 2 aliphatic heterocycles. The largest absolute Gasteiger partial charge is 0.376 e.